The maximum absolute atomic E-state index is 5.29. The van der Waals surface area contributed by atoms with Gasteiger partial charge in [-0.1, -0.05) is 0 Å². The van der Waals surface area contributed by atoms with Crippen molar-refractivity contribution in [1.29, 1.82) is 0 Å². The van der Waals surface area contributed by atoms with E-state index < -0.39 is 0 Å². The van der Waals surface area contributed by atoms with Crippen LogP contribution < -0.4 is 0 Å². The summed E-state index contributed by atoms with van der Waals surface area (Å²) in [6.45, 7) is 1.81. The minimum absolute atomic E-state index is 0.440. The molecule has 0 fully saturated rings. The Hall–Kier alpha value is -0.170. The highest BCUT2D eigenvalue weighted by molar-refractivity contribution is 6.28. The number of hydrogen-bond acceptors (Lipinski definition) is 1. The van der Waals surface area contributed by atoms with Gasteiger partial charge in [-0.25, -0.2) is 0 Å². The highest BCUT2D eigenvalue weighted by Crippen LogP contribution is 1.97. The Morgan fingerprint density at radius 3 is 2.33 bits per heavy atom. The van der Waals surface area contributed by atoms with Crippen molar-refractivity contribution >= 4 is 11.6 Å². The standard InChI is InChI=1S/C4H7ClO/c1-3-4(5)6-2/h3H,1-2H3. The second-order valence-electron chi connectivity index (χ2n) is 0.797. The predicted octanol–water partition coefficient (Wildman–Crippen LogP) is 1.73. The summed E-state index contributed by atoms with van der Waals surface area (Å²) in [5.41, 5.74) is 0. The first-order valence-electron chi connectivity index (χ1n) is 1.67. The second-order valence-corrected chi connectivity index (χ2v) is 1.17. The van der Waals surface area contributed by atoms with Gasteiger partial charge in [-0.05, 0) is 24.6 Å². The average Bonchev–Trinajstić information content (AvgIpc) is 1.65. The van der Waals surface area contributed by atoms with Gasteiger partial charge < -0.3 is 4.74 Å². The van der Waals surface area contributed by atoms with Gasteiger partial charge >= 0.3 is 0 Å². The van der Waals surface area contributed by atoms with E-state index in [1.807, 2.05) is 6.92 Å². The van der Waals surface area contributed by atoms with Crippen LogP contribution in [0.2, 0.25) is 0 Å². The highest BCUT2D eigenvalue weighted by Gasteiger charge is 1.76. The molecule has 0 unspecified atom stereocenters. The van der Waals surface area contributed by atoms with Crippen LogP contribution in [-0.4, -0.2) is 7.11 Å². The minimum Gasteiger partial charge on any atom is -0.486 e. The SMILES string of the molecule is CC=C(Cl)OC. The summed E-state index contributed by atoms with van der Waals surface area (Å²) < 4.78 is 4.53. The molecule has 0 aliphatic carbocycles. The fourth-order valence-electron chi connectivity index (χ4n) is 0.118. The number of rotatable bonds is 1. The Kier molecular flexibility index (Phi) is 2.95. The summed E-state index contributed by atoms with van der Waals surface area (Å²) in [7, 11) is 1.53. The van der Waals surface area contributed by atoms with Crippen LogP contribution in [0.15, 0.2) is 11.3 Å². The largest absolute Gasteiger partial charge is 0.486 e. The maximum atomic E-state index is 5.29. The van der Waals surface area contributed by atoms with Gasteiger partial charge in [0.15, 0.2) is 5.22 Å². The van der Waals surface area contributed by atoms with Crippen LogP contribution in [-0.2, 0) is 4.74 Å². The van der Waals surface area contributed by atoms with E-state index in [4.69, 9.17) is 11.6 Å². The van der Waals surface area contributed by atoms with Crippen LogP contribution in [0.25, 0.3) is 0 Å². The summed E-state index contributed by atoms with van der Waals surface area (Å²) in [6, 6.07) is 0. The summed E-state index contributed by atoms with van der Waals surface area (Å²) in [4.78, 5) is 0. The van der Waals surface area contributed by atoms with Crippen LogP contribution in [0, 0.1) is 0 Å². The Bertz CT molecular complexity index is 58.6. The third-order valence-corrected chi connectivity index (χ3v) is 0.794. The molecule has 0 rings (SSSR count). The zero-order valence-electron chi connectivity index (χ0n) is 3.86. The molecule has 6 heavy (non-hydrogen) atoms. The molecule has 0 atom stereocenters. The molecule has 0 saturated heterocycles. The van der Waals surface area contributed by atoms with Gasteiger partial charge in [0.05, 0.1) is 7.11 Å². The van der Waals surface area contributed by atoms with Crippen molar-refractivity contribution in [2.45, 2.75) is 6.92 Å². The van der Waals surface area contributed by atoms with E-state index in [-0.39, 0.29) is 0 Å². The maximum Gasteiger partial charge on any atom is 0.182 e. The molecule has 0 heterocycles. The van der Waals surface area contributed by atoms with Crippen LogP contribution in [0.4, 0.5) is 0 Å². The molecule has 0 saturated carbocycles. The molecule has 0 bridgehead atoms. The van der Waals surface area contributed by atoms with Gasteiger partial charge in [-0.15, -0.1) is 0 Å². The number of halogens is 1. The molecular weight excluding hydrogens is 99.5 g/mol. The number of methoxy groups -OCH3 is 1. The number of allylic oxidation sites excluding steroid dienone is 1. The fraction of sp³-hybridized carbons (Fsp3) is 0.500. The zero-order valence-corrected chi connectivity index (χ0v) is 4.62. The van der Waals surface area contributed by atoms with E-state index in [1.54, 1.807) is 6.08 Å². The Balaban J connectivity index is 3.22. The van der Waals surface area contributed by atoms with Gasteiger partial charge in [0.25, 0.3) is 0 Å². The molecular formula is C4H7ClO. The first kappa shape index (κ1) is 5.83. The molecule has 0 aromatic rings. The van der Waals surface area contributed by atoms with E-state index in [1.165, 1.54) is 7.11 Å². The van der Waals surface area contributed by atoms with Gasteiger partial charge in [0.1, 0.15) is 0 Å². The van der Waals surface area contributed by atoms with Crippen molar-refractivity contribution in [3.8, 4) is 0 Å². The molecule has 2 heteroatoms. The van der Waals surface area contributed by atoms with Crippen LogP contribution in [0.1, 0.15) is 6.92 Å². The Labute approximate surface area is 42.6 Å². The quantitative estimate of drug-likeness (QED) is 0.463. The summed E-state index contributed by atoms with van der Waals surface area (Å²) >= 11 is 5.29. The van der Waals surface area contributed by atoms with Gasteiger partial charge in [0, 0.05) is 0 Å². The van der Waals surface area contributed by atoms with Gasteiger partial charge in [0.2, 0.25) is 0 Å². The van der Waals surface area contributed by atoms with Crippen LogP contribution in [0.5, 0.6) is 0 Å². The van der Waals surface area contributed by atoms with Crippen molar-refractivity contribution in [3.63, 3.8) is 0 Å². The lowest BCUT2D eigenvalue weighted by molar-refractivity contribution is 0.321. The predicted molar refractivity (Wildman–Crippen MR) is 26.6 cm³/mol. The van der Waals surface area contributed by atoms with Crippen LogP contribution in [0.3, 0.4) is 0 Å². The highest BCUT2D eigenvalue weighted by atomic mass is 35.5. The molecule has 0 amide bonds. The summed E-state index contributed by atoms with van der Waals surface area (Å²) in [6.07, 6.45) is 1.68. The first-order valence-corrected chi connectivity index (χ1v) is 2.05. The second kappa shape index (κ2) is 3.04. The van der Waals surface area contributed by atoms with Crippen molar-refractivity contribution in [2.75, 3.05) is 7.11 Å². The first-order chi connectivity index (χ1) is 2.81. The summed E-state index contributed by atoms with van der Waals surface area (Å²) in [5.74, 6) is 0. The topological polar surface area (TPSA) is 9.23 Å². The smallest absolute Gasteiger partial charge is 0.182 e. The molecule has 0 radical (unpaired) electrons. The zero-order chi connectivity index (χ0) is 4.99. The lowest BCUT2D eigenvalue weighted by Crippen LogP contribution is -1.69. The third-order valence-electron chi connectivity index (χ3n) is 0.422. The van der Waals surface area contributed by atoms with Crippen molar-refractivity contribution in [3.05, 3.63) is 11.3 Å². The van der Waals surface area contributed by atoms with Crippen molar-refractivity contribution in [1.82, 2.24) is 0 Å². The van der Waals surface area contributed by atoms with Crippen LogP contribution >= 0.6 is 11.6 Å². The monoisotopic (exact) mass is 106 g/mol. The van der Waals surface area contributed by atoms with E-state index in [0.29, 0.717) is 5.22 Å². The Morgan fingerprint density at radius 1 is 1.83 bits per heavy atom. The normalized spacial score (nSPS) is 11.5. The molecule has 0 spiro atoms. The van der Waals surface area contributed by atoms with E-state index in [0.717, 1.165) is 0 Å². The molecule has 0 aromatic heterocycles. The average molecular weight is 107 g/mol. The third kappa shape index (κ3) is 2.09. The van der Waals surface area contributed by atoms with Gasteiger partial charge in [-0.2, -0.15) is 0 Å². The molecule has 0 aliphatic heterocycles. The lowest BCUT2D eigenvalue weighted by atomic mass is 10.7. The molecule has 0 N–H and O–H groups in total. The summed E-state index contributed by atoms with van der Waals surface area (Å²) in [5, 5.41) is 0.440. The van der Waals surface area contributed by atoms with E-state index in [9.17, 15) is 0 Å². The number of hydrogen-bond donors (Lipinski definition) is 0. The fourth-order valence-corrected chi connectivity index (χ4v) is 0.118. The van der Waals surface area contributed by atoms with E-state index >= 15 is 0 Å². The number of ether oxygens (including phenoxy) is 1. The Morgan fingerprint density at radius 2 is 2.33 bits per heavy atom. The molecule has 0 aliphatic rings. The van der Waals surface area contributed by atoms with Crippen molar-refractivity contribution < 1.29 is 4.74 Å². The molecule has 1 nitrogen and oxygen atoms in total. The molecule has 0 aromatic carbocycles. The van der Waals surface area contributed by atoms with E-state index in [2.05, 4.69) is 4.74 Å². The van der Waals surface area contributed by atoms with Crippen molar-refractivity contribution in [2.24, 2.45) is 0 Å². The lowest BCUT2D eigenvalue weighted by Gasteiger charge is -1.88. The molecule has 36 valence electrons. The minimum atomic E-state index is 0.440. The van der Waals surface area contributed by atoms with Gasteiger partial charge in [-0.3, -0.25) is 0 Å².